The number of fused-ring (bicyclic) bond motifs is 1. The van der Waals surface area contributed by atoms with Gasteiger partial charge in [0.25, 0.3) is 11.1 Å². The Hall–Kier alpha value is -3.92. The van der Waals surface area contributed by atoms with Crippen LogP contribution >= 0.6 is 11.8 Å². The Morgan fingerprint density at radius 3 is 2.43 bits per heavy atom. The van der Waals surface area contributed by atoms with Crippen molar-refractivity contribution < 1.29 is 4.79 Å². The van der Waals surface area contributed by atoms with E-state index in [0.29, 0.717) is 16.1 Å². The Labute approximate surface area is 204 Å². The monoisotopic (exact) mass is 491 g/mol. The summed E-state index contributed by atoms with van der Waals surface area (Å²) in [7, 11) is 0. The van der Waals surface area contributed by atoms with E-state index in [1.54, 1.807) is 24.3 Å². The van der Waals surface area contributed by atoms with E-state index in [1.165, 1.54) is 9.13 Å². The third-order valence-electron chi connectivity index (χ3n) is 5.41. The number of hydrogen-bond donors (Lipinski definition) is 2. The molecule has 0 bridgehead atoms. The van der Waals surface area contributed by atoms with Gasteiger partial charge < -0.3 is 5.73 Å². The molecule has 2 aromatic heterocycles. The maximum atomic E-state index is 13.3. The Kier molecular flexibility index (Phi) is 7.02. The number of carbonyl (C=O) groups excluding carboxylic acids is 1. The van der Waals surface area contributed by atoms with E-state index in [9.17, 15) is 19.2 Å². The van der Waals surface area contributed by atoms with Crippen molar-refractivity contribution in [3.63, 3.8) is 0 Å². The number of para-hydroxylation sites is 1. The van der Waals surface area contributed by atoms with Crippen molar-refractivity contribution in [2.24, 2.45) is 5.92 Å². The molecule has 35 heavy (non-hydrogen) atoms. The summed E-state index contributed by atoms with van der Waals surface area (Å²) in [5, 5.41) is 0.817. The number of aromatic amines is 1. The van der Waals surface area contributed by atoms with Gasteiger partial charge in [0.1, 0.15) is 11.4 Å². The minimum absolute atomic E-state index is 0.0763. The predicted octanol–water partition coefficient (Wildman–Crippen LogP) is 2.51. The summed E-state index contributed by atoms with van der Waals surface area (Å²) in [5.41, 5.74) is 5.52. The van der Waals surface area contributed by atoms with Crippen LogP contribution in [0.25, 0.3) is 10.9 Å². The number of anilines is 1. The SMILES string of the molecule is CC(C)Cn1c(N)c(C(=O)CSc2nc3ccccc3c(=O)n2Cc2ccccc2)c(=O)[nH]c1=O. The van der Waals surface area contributed by atoms with Gasteiger partial charge in [0, 0.05) is 6.54 Å². The number of Topliss-reactive ketones (excluding diaryl/α,β-unsaturated/α-hetero) is 1. The third-order valence-corrected chi connectivity index (χ3v) is 6.39. The van der Waals surface area contributed by atoms with Gasteiger partial charge in [0.05, 0.1) is 23.2 Å². The summed E-state index contributed by atoms with van der Waals surface area (Å²) < 4.78 is 2.71. The highest BCUT2D eigenvalue weighted by atomic mass is 32.2. The van der Waals surface area contributed by atoms with Crippen LogP contribution in [0.1, 0.15) is 29.8 Å². The lowest BCUT2D eigenvalue weighted by atomic mass is 10.2. The summed E-state index contributed by atoms with van der Waals surface area (Å²) >= 11 is 1.05. The molecule has 0 spiro atoms. The molecule has 0 amide bonds. The highest BCUT2D eigenvalue weighted by Gasteiger charge is 2.21. The molecule has 9 nitrogen and oxygen atoms in total. The molecule has 0 aliphatic heterocycles. The van der Waals surface area contributed by atoms with E-state index in [2.05, 4.69) is 9.97 Å². The number of rotatable bonds is 8. The number of thioether (sulfide) groups is 1. The fraction of sp³-hybridized carbons (Fsp3) is 0.240. The quantitative estimate of drug-likeness (QED) is 0.220. The van der Waals surface area contributed by atoms with Gasteiger partial charge in [0.15, 0.2) is 10.9 Å². The molecule has 4 rings (SSSR count). The van der Waals surface area contributed by atoms with E-state index in [0.717, 1.165) is 17.3 Å². The molecule has 180 valence electrons. The molecule has 0 aliphatic carbocycles. The zero-order chi connectivity index (χ0) is 25.1. The van der Waals surface area contributed by atoms with Crippen LogP contribution in [-0.4, -0.2) is 30.6 Å². The summed E-state index contributed by atoms with van der Waals surface area (Å²) in [5.74, 6) is -0.828. The zero-order valence-electron chi connectivity index (χ0n) is 19.4. The maximum absolute atomic E-state index is 13.3. The number of carbonyl (C=O) groups is 1. The Balaban J connectivity index is 1.71. The molecule has 4 aromatic rings. The molecule has 3 N–H and O–H groups in total. The highest BCUT2D eigenvalue weighted by molar-refractivity contribution is 7.99. The van der Waals surface area contributed by atoms with Gasteiger partial charge in [-0.15, -0.1) is 0 Å². The number of aromatic nitrogens is 4. The van der Waals surface area contributed by atoms with Gasteiger partial charge in [-0.05, 0) is 23.6 Å². The first-order chi connectivity index (χ1) is 16.8. The second-order valence-corrected chi connectivity index (χ2v) is 9.47. The number of nitrogens with one attached hydrogen (secondary N) is 1. The standard InChI is InChI=1S/C25H25N5O4S/c1-15(2)12-29-21(26)20(22(32)28-24(29)34)19(31)14-35-25-27-18-11-7-6-10-17(18)23(33)30(25)13-16-8-4-3-5-9-16/h3-11,15H,12-14,26H2,1-2H3,(H,28,32,34). The Bertz CT molecular complexity index is 1570. The van der Waals surface area contributed by atoms with Crippen molar-refractivity contribution >= 4 is 34.3 Å². The number of H-pyrrole nitrogens is 1. The largest absolute Gasteiger partial charge is 0.384 e. The van der Waals surface area contributed by atoms with E-state index >= 15 is 0 Å². The van der Waals surface area contributed by atoms with Gasteiger partial charge in [-0.2, -0.15) is 0 Å². The number of nitrogen functional groups attached to an aromatic ring is 1. The lowest BCUT2D eigenvalue weighted by Crippen LogP contribution is -2.37. The Morgan fingerprint density at radius 2 is 1.71 bits per heavy atom. The van der Waals surface area contributed by atoms with Crippen LogP contribution in [0.3, 0.4) is 0 Å². The fourth-order valence-corrected chi connectivity index (χ4v) is 4.64. The molecule has 0 radical (unpaired) electrons. The predicted molar refractivity (Wildman–Crippen MR) is 137 cm³/mol. The van der Waals surface area contributed by atoms with Gasteiger partial charge in [-0.25, -0.2) is 9.78 Å². The lowest BCUT2D eigenvalue weighted by Gasteiger charge is -2.15. The minimum atomic E-state index is -0.828. The van der Waals surface area contributed by atoms with Crippen LogP contribution in [0.15, 0.2) is 74.1 Å². The van der Waals surface area contributed by atoms with Crippen LogP contribution in [0.2, 0.25) is 0 Å². The first-order valence-electron chi connectivity index (χ1n) is 11.1. The van der Waals surface area contributed by atoms with Crippen LogP contribution in [0, 0.1) is 5.92 Å². The molecule has 0 atom stereocenters. The van der Waals surface area contributed by atoms with Crippen molar-refractivity contribution in [3.05, 3.63) is 96.9 Å². The summed E-state index contributed by atoms with van der Waals surface area (Å²) in [6.07, 6.45) is 0. The first kappa shape index (κ1) is 24.2. The van der Waals surface area contributed by atoms with E-state index < -0.39 is 17.0 Å². The molecule has 0 unspecified atom stereocenters. The van der Waals surface area contributed by atoms with Crippen LogP contribution in [0.5, 0.6) is 0 Å². The summed E-state index contributed by atoms with van der Waals surface area (Å²) in [6, 6.07) is 16.5. The molecule has 0 saturated carbocycles. The van der Waals surface area contributed by atoms with E-state index in [4.69, 9.17) is 5.73 Å². The van der Waals surface area contributed by atoms with Crippen molar-refractivity contribution in [2.45, 2.75) is 32.1 Å². The van der Waals surface area contributed by atoms with Crippen molar-refractivity contribution in [1.29, 1.82) is 0 Å². The average Bonchev–Trinajstić information content (AvgIpc) is 2.83. The second-order valence-electron chi connectivity index (χ2n) is 8.52. The first-order valence-corrected chi connectivity index (χ1v) is 12.1. The number of ketones is 1. The lowest BCUT2D eigenvalue weighted by molar-refractivity contribution is 0.102. The van der Waals surface area contributed by atoms with Gasteiger partial charge in [-0.3, -0.25) is 28.5 Å². The molecule has 2 aromatic carbocycles. The van der Waals surface area contributed by atoms with Gasteiger partial charge in [0.2, 0.25) is 0 Å². The van der Waals surface area contributed by atoms with Crippen LogP contribution in [0.4, 0.5) is 5.82 Å². The van der Waals surface area contributed by atoms with Gasteiger partial charge >= 0.3 is 5.69 Å². The second kappa shape index (κ2) is 10.1. The van der Waals surface area contributed by atoms with E-state index in [-0.39, 0.29) is 41.7 Å². The van der Waals surface area contributed by atoms with Gasteiger partial charge in [-0.1, -0.05) is 68.1 Å². The number of hydrogen-bond acceptors (Lipinski definition) is 7. The molecule has 0 aliphatic rings. The van der Waals surface area contributed by atoms with Crippen molar-refractivity contribution in [1.82, 2.24) is 19.1 Å². The van der Waals surface area contributed by atoms with Crippen LogP contribution in [-0.2, 0) is 13.1 Å². The topological polar surface area (TPSA) is 133 Å². The highest BCUT2D eigenvalue weighted by Crippen LogP contribution is 2.21. The number of nitrogens with two attached hydrogens (primary N) is 1. The molecule has 10 heteroatoms. The van der Waals surface area contributed by atoms with Crippen molar-refractivity contribution in [3.8, 4) is 0 Å². The minimum Gasteiger partial charge on any atom is -0.384 e. The normalized spacial score (nSPS) is 11.3. The van der Waals surface area contributed by atoms with Crippen LogP contribution < -0.4 is 22.5 Å². The van der Waals surface area contributed by atoms with Crippen molar-refractivity contribution in [2.75, 3.05) is 11.5 Å². The molecule has 2 heterocycles. The molecular formula is C25H25N5O4S. The smallest absolute Gasteiger partial charge is 0.329 e. The third kappa shape index (κ3) is 5.12. The van der Waals surface area contributed by atoms with E-state index in [1.807, 2.05) is 44.2 Å². The average molecular weight is 492 g/mol. The number of nitrogens with zero attached hydrogens (tertiary/aromatic N) is 3. The summed E-state index contributed by atoms with van der Waals surface area (Å²) in [6.45, 7) is 4.32. The number of benzene rings is 2. The summed E-state index contributed by atoms with van der Waals surface area (Å²) in [4.78, 5) is 57.8. The zero-order valence-corrected chi connectivity index (χ0v) is 20.2. The molecular weight excluding hydrogens is 466 g/mol. The maximum Gasteiger partial charge on any atom is 0.329 e. The molecule has 0 fully saturated rings. The fourth-order valence-electron chi connectivity index (χ4n) is 3.77. The molecule has 0 saturated heterocycles. The Morgan fingerprint density at radius 1 is 1.03 bits per heavy atom.